The van der Waals surface area contributed by atoms with Gasteiger partial charge in [-0.3, -0.25) is 0 Å². The second-order valence-corrected chi connectivity index (χ2v) is 4.35. The fraction of sp³-hybridized carbons (Fsp3) is 0.538. The zero-order chi connectivity index (χ0) is 12.1. The third kappa shape index (κ3) is 3.22. The molecule has 3 nitrogen and oxygen atoms in total. The summed E-state index contributed by atoms with van der Waals surface area (Å²) in [5.41, 5.74) is 2.48. The van der Waals surface area contributed by atoms with Crippen molar-refractivity contribution in [2.24, 2.45) is 0 Å². The normalized spacial score (nSPS) is 12.9. The number of hydrogen-bond donors (Lipinski definition) is 1. The van der Waals surface area contributed by atoms with Crippen LogP contribution in [0.15, 0.2) is 18.2 Å². The molecule has 1 unspecified atom stereocenters. The molecule has 0 heterocycles. The molecule has 0 amide bonds. The Morgan fingerprint density at radius 1 is 1.38 bits per heavy atom. The van der Waals surface area contributed by atoms with E-state index in [9.17, 15) is 0 Å². The van der Waals surface area contributed by atoms with Crippen molar-refractivity contribution in [1.29, 1.82) is 0 Å². The highest BCUT2D eigenvalue weighted by molar-refractivity contribution is 5.39. The number of rotatable bonds is 5. The summed E-state index contributed by atoms with van der Waals surface area (Å²) in [6.07, 6.45) is 0. The molecule has 1 N–H and O–H groups in total. The van der Waals surface area contributed by atoms with Crippen LogP contribution in [0, 0.1) is 6.92 Å². The van der Waals surface area contributed by atoms with Gasteiger partial charge in [-0.05, 0) is 34.1 Å². The third-order valence-corrected chi connectivity index (χ3v) is 2.66. The molecule has 0 aliphatic carbocycles. The van der Waals surface area contributed by atoms with Gasteiger partial charge in [0.05, 0.1) is 7.11 Å². The molecule has 1 atom stereocenters. The van der Waals surface area contributed by atoms with E-state index < -0.39 is 0 Å². The Balaban J connectivity index is 3.02. The van der Waals surface area contributed by atoms with Crippen LogP contribution >= 0.6 is 0 Å². The summed E-state index contributed by atoms with van der Waals surface area (Å²) in [5.74, 6) is 0.951. The van der Waals surface area contributed by atoms with Gasteiger partial charge in [-0.25, -0.2) is 0 Å². The van der Waals surface area contributed by atoms with Crippen LogP contribution in [0.1, 0.15) is 17.2 Å². The molecule has 0 bridgehead atoms. The first kappa shape index (κ1) is 13.0. The molecule has 1 aromatic rings. The molecule has 90 valence electrons. The highest BCUT2D eigenvalue weighted by atomic mass is 16.5. The standard InChI is InChI=1S/C13H22N2O/c1-10-6-7-13(16-5)11(8-10)12(14-2)9-15(3)4/h6-8,12,14H,9H2,1-5H3. The van der Waals surface area contributed by atoms with E-state index in [2.05, 4.69) is 43.4 Å². The van der Waals surface area contributed by atoms with Gasteiger partial charge in [-0.1, -0.05) is 17.7 Å². The molecule has 0 saturated carbocycles. The van der Waals surface area contributed by atoms with Gasteiger partial charge in [0.15, 0.2) is 0 Å². The Bertz CT molecular complexity index is 337. The molecule has 0 saturated heterocycles. The first-order valence-electron chi connectivity index (χ1n) is 5.55. The van der Waals surface area contributed by atoms with Crippen LogP contribution in [0.5, 0.6) is 5.75 Å². The van der Waals surface area contributed by atoms with E-state index in [1.54, 1.807) is 7.11 Å². The first-order chi connectivity index (χ1) is 7.58. The number of likely N-dealkylation sites (N-methyl/N-ethyl adjacent to an activating group) is 2. The minimum absolute atomic E-state index is 0.296. The molecule has 0 fully saturated rings. The predicted molar refractivity (Wildman–Crippen MR) is 68.1 cm³/mol. The van der Waals surface area contributed by atoms with E-state index in [0.717, 1.165) is 12.3 Å². The molecule has 3 heteroatoms. The largest absolute Gasteiger partial charge is 0.496 e. The lowest BCUT2D eigenvalue weighted by Gasteiger charge is -2.23. The molecule has 0 spiro atoms. The van der Waals surface area contributed by atoms with Crippen LogP contribution in [0.4, 0.5) is 0 Å². The number of aryl methyl sites for hydroxylation is 1. The summed E-state index contributed by atoms with van der Waals surface area (Å²) in [6, 6.07) is 6.59. The number of benzene rings is 1. The van der Waals surface area contributed by atoms with Crippen molar-refractivity contribution >= 4 is 0 Å². The van der Waals surface area contributed by atoms with Crippen molar-refractivity contribution in [1.82, 2.24) is 10.2 Å². The van der Waals surface area contributed by atoms with Crippen molar-refractivity contribution < 1.29 is 4.74 Å². The fourth-order valence-corrected chi connectivity index (χ4v) is 1.84. The van der Waals surface area contributed by atoms with Crippen LogP contribution in [-0.2, 0) is 0 Å². The molecule has 0 radical (unpaired) electrons. The molecule has 1 rings (SSSR count). The van der Waals surface area contributed by atoms with E-state index in [-0.39, 0.29) is 0 Å². The molecule has 0 aliphatic rings. The topological polar surface area (TPSA) is 24.5 Å². The lowest BCUT2D eigenvalue weighted by molar-refractivity contribution is 0.341. The second-order valence-electron chi connectivity index (χ2n) is 4.35. The maximum absolute atomic E-state index is 5.41. The lowest BCUT2D eigenvalue weighted by Crippen LogP contribution is -2.29. The van der Waals surface area contributed by atoms with Gasteiger partial charge >= 0.3 is 0 Å². The Labute approximate surface area is 98.4 Å². The summed E-state index contributed by atoms with van der Waals surface area (Å²) in [7, 11) is 7.85. The number of methoxy groups -OCH3 is 1. The summed E-state index contributed by atoms with van der Waals surface area (Å²) in [4.78, 5) is 2.17. The zero-order valence-electron chi connectivity index (χ0n) is 10.9. The Hall–Kier alpha value is -1.06. The van der Waals surface area contributed by atoms with Gasteiger partial charge in [0.1, 0.15) is 5.75 Å². The SMILES string of the molecule is CNC(CN(C)C)c1cc(C)ccc1OC. The van der Waals surface area contributed by atoms with Crippen LogP contribution in [0.25, 0.3) is 0 Å². The summed E-state index contributed by atoms with van der Waals surface area (Å²) in [5, 5.41) is 3.33. The van der Waals surface area contributed by atoms with Gasteiger partial charge in [0.25, 0.3) is 0 Å². The van der Waals surface area contributed by atoms with Gasteiger partial charge in [-0.2, -0.15) is 0 Å². The van der Waals surface area contributed by atoms with Crippen LogP contribution in [0.3, 0.4) is 0 Å². The first-order valence-corrected chi connectivity index (χ1v) is 5.55. The van der Waals surface area contributed by atoms with Crippen molar-refractivity contribution in [3.05, 3.63) is 29.3 Å². The predicted octanol–water partition coefficient (Wildman–Crippen LogP) is 1.83. The van der Waals surface area contributed by atoms with Crippen molar-refractivity contribution in [2.45, 2.75) is 13.0 Å². The van der Waals surface area contributed by atoms with Crippen LogP contribution in [0.2, 0.25) is 0 Å². The Kier molecular flexibility index (Phi) is 4.77. The van der Waals surface area contributed by atoms with E-state index >= 15 is 0 Å². The molecule has 0 aromatic heterocycles. The summed E-state index contributed by atoms with van der Waals surface area (Å²) < 4.78 is 5.41. The minimum Gasteiger partial charge on any atom is -0.496 e. The fourth-order valence-electron chi connectivity index (χ4n) is 1.84. The number of nitrogens with one attached hydrogen (secondary N) is 1. The van der Waals surface area contributed by atoms with E-state index in [1.807, 2.05) is 13.1 Å². The average molecular weight is 222 g/mol. The summed E-state index contributed by atoms with van der Waals surface area (Å²) in [6.45, 7) is 3.06. The monoisotopic (exact) mass is 222 g/mol. The second kappa shape index (κ2) is 5.87. The molecule has 1 aromatic carbocycles. The van der Waals surface area contributed by atoms with Crippen LogP contribution < -0.4 is 10.1 Å². The smallest absolute Gasteiger partial charge is 0.123 e. The number of ether oxygens (including phenoxy) is 1. The van der Waals surface area contributed by atoms with Gasteiger partial charge < -0.3 is 15.0 Å². The molecular formula is C13H22N2O. The quantitative estimate of drug-likeness (QED) is 0.822. The van der Waals surface area contributed by atoms with Gasteiger partial charge in [-0.15, -0.1) is 0 Å². The molecular weight excluding hydrogens is 200 g/mol. The van der Waals surface area contributed by atoms with Crippen molar-refractivity contribution in [3.8, 4) is 5.75 Å². The van der Waals surface area contributed by atoms with E-state index in [1.165, 1.54) is 11.1 Å². The maximum atomic E-state index is 5.41. The minimum atomic E-state index is 0.296. The highest BCUT2D eigenvalue weighted by Gasteiger charge is 2.15. The molecule has 16 heavy (non-hydrogen) atoms. The number of nitrogens with zero attached hydrogens (tertiary/aromatic N) is 1. The van der Waals surface area contributed by atoms with Gasteiger partial charge in [0, 0.05) is 18.2 Å². The van der Waals surface area contributed by atoms with Gasteiger partial charge in [0.2, 0.25) is 0 Å². The summed E-state index contributed by atoms with van der Waals surface area (Å²) >= 11 is 0. The van der Waals surface area contributed by atoms with E-state index in [4.69, 9.17) is 4.74 Å². The van der Waals surface area contributed by atoms with Crippen molar-refractivity contribution in [3.63, 3.8) is 0 Å². The molecule has 0 aliphatic heterocycles. The van der Waals surface area contributed by atoms with Crippen molar-refractivity contribution in [2.75, 3.05) is 34.8 Å². The maximum Gasteiger partial charge on any atom is 0.123 e. The Morgan fingerprint density at radius 2 is 2.06 bits per heavy atom. The number of hydrogen-bond acceptors (Lipinski definition) is 3. The highest BCUT2D eigenvalue weighted by Crippen LogP contribution is 2.26. The third-order valence-electron chi connectivity index (χ3n) is 2.66. The Morgan fingerprint density at radius 3 is 2.56 bits per heavy atom. The average Bonchev–Trinajstić information content (AvgIpc) is 2.25. The van der Waals surface area contributed by atoms with E-state index in [0.29, 0.717) is 6.04 Å². The zero-order valence-corrected chi connectivity index (χ0v) is 10.9. The van der Waals surface area contributed by atoms with Crippen LogP contribution in [-0.4, -0.2) is 39.7 Å². The lowest BCUT2D eigenvalue weighted by atomic mass is 10.0.